The van der Waals surface area contributed by atoms with E-state index in [0.29, 0.717) is 16.7 Å². The second kappa shape index (κ2) is 18.8. The van der Waals surface area contributed by atoms with Gasteiger partial charge in [0.15, 0.2) is 12.2 Å². The highest BCUT2D eigenvalue weighted by atomic mass is 16.8. The second-order valence-corrected chi connectivity index (χ2v) is 12.6. The minimum atomic E-state index is -2.56. The predicted molar refractivity (Wildman–Crippen MR) is 192 cm³/mol. The summed E-state index contributed by atoms with van der Waals surface area (Å²) in [6.45, 7) is -2.73. The number of aliphatic hydroxyl groups excluding tert-OH is 5. The molecule has 3 aromatic carbocycles. The van der Waals surface area contributed by atoms with Gasteiger partial charge >= 0.3 is 17.9 Å². The maximum atomic E-state index is 13.0. The summed E-state index contributed by atoms with van der Waals surface area (Å²) < 4.78 is 33.4. The molecule has 0 bridgehead atoms. The summed E-state index contributed by atoms with van der Waals surface area (Å²) in [5.74, 6) is -5.55. The Morgan fingerprint density at radius 2 is 1.07 bits per heavy atom. The zero-order valence-corrected chi connectivity index (χ0v) is 29.4. The molecule has 2 fully saturated rings. The Morgan fingerprint density at radius 1 is 0.625 bits per heavy atom. The monoisotopic (exact) mass is 780 g/mol. The van der Waals surface area contributed by atoms with Crippen molar-refractivity contribution >= 4 is 36.1 Å². The Morgan fingerprint density at radius 3 is 1.52 bits per heavy atom. The highest BCUT2D eigenvalue weighted by Gasteiger charge is 2.60. The highest BCUT2D eigenvalue weighted by molar-refractivity contribution is 5.88. The smallest absolute Gasteiger partial charge is 0.331 e. The van der Waals surface area contributed by atoms with Crippen molar-refractivity contribution < 1.29 is 83.7 Å². The molecule has 17 heteroatoms. The van der Waals surface area contributed by atoms with E-state index in [2.05, 4.69) is 0 Å². The number of carbonyl (C=O) groups is 3. The summed E-state index contributed by atoms with van der Waals surface area (Å²) in [5, 5.41) is 82.6. The van der Waals surface area contributed by atoms with E-state index in [1.165, 1.54) is 91.0 Å². The third kappa shape index (κ3) is 10.6. The average molecular weight is 781 g/mol. The second-order valence-electron chi connectivity index (χ2n) is 12.6. The van der Waals surface area contributed by atoms with Gasteiger partial charge in [-0.2, -0.15) is 0 Å². The van der Waals surface area contributed by atoms with Crippen molar-refractivity contribution in [2.24, 2.45) is 0 Å². The molecule has 2 heterocycles. The van der Waals surface area contributed by atoms with E-state index in [1.54, 1.807) is 0 Å². The van der Waals surface area contributed by atoms with E-state index in [1.807, 2.05) is 0 Å². The summed E-state index contributed by atoms with van der Waals surface area (Å²) in [4.78, 5) is 38.2. The molecule has 2 saturated heterocycles. The Bertz CT molecular complexity index is 1870. The lowest BCUT2D eigenvalue weighted by molar-refractivity contribution is -0.383. The lowest BCUT2D eigenvalue weighted by Crippen LogP contribution is -2.63. The molecule has 8 N–H and O–H groups in total. The summed E-state index contributed by atoms with van der Waals surface area (Å²) in [6, 6.07) is 17.4. The van der Waals surface area contributed by atoms with Crippen molar-refractivity contribution in [3.8, 4) is 17.2 Å². The normalized spacial score (nSPS) is 27.8. The number of phenols is 3. The zero-order valence-electron chi connectivity index (χ0n) is 29.4. The maximum Gasteiger partial charge on any atom is 0.331 e. The standard InChI is InChI=1S/C39H40O17/c40-19-28-35(53-31(46)17-8-23-3-12-26(43)13-4-23)37(50)39(21-41,55-28)56-38-36(54-32(47)18-9-24-5-14-27(44)15-6-24)34(49)33(48)29(52-38)20-51-30(45)16-7-22-1-10-25(42)11-2-22/h1-18,28-29,33-38,40-44,48-50H,19-21H2/t28-,29-,33-,34+,35-,36-,37+,38-,39+/m1/s1. The molecule has 0 amide bonds. The predicted octanol–water partition coefficient (Wildman–Crippen LogP) is 0.514. The van der Waals surface area contributed by atoms with Crippen LogP contribution >= 0.6 is 0 Å². The fourth-order valence-electron chi connectivity index (χ4n) is 5.66. The van der Waals surface area contributed by atoms with E-state index in [-0.39, 0.29) is 17.2 Å². The SMILES string of the molecule is O=C(C=Cc1ccc(O)cc1)OC[C@H]1O[C@H](O[C@]2(CO)O[C@H](CO)[C@@H](OC(=O)C=Cc3ccc(O)cc3)[C@@H]2O)[C@H](OC(=O)C=Cc2ccc(O)cc2)[C@@H](O)[C@@H]1O. The molecule has 2 aliphatic rings. The molecule has 17 nitrogen and oxygen atoms in total. The van der Waals surface area contributed by atoms with Gasteiger partial charge in [0.25, 0.3) is 0 Å². The van der Waals surface area contributed by atoms with Crippen LogP contribution in [0.3, 0.4) is 0 Å². The van der Waals surface area contributed by atoms with Crippen LogP contribution in [-0.2, 0) is 42.8 Å². The molecule has 56 heavy (non-hydrogen) atoms. The highest BCUT2D eigenvalue weighted by Crippen LogP contribution is 2.38. The van der Waals surface area contributed by atoms with Crippen molar-refractivity contribution in [1.29, 1.82) is 0 Å². The Kier molecular flexibility index (Phi) is 13.9. The molecule has 0 unspecified atom stereocenters. The average Bonchev–Trinajstić information content (AvgIpc) is 3.45. The largest absolute Gasteiger partial charge is 0.508 e. The molecule has 0 aromatic heterocycles. The number of carbonyl (C=O) groups excluding carboxylic acids is 3. The number of ether oxygens (including phenoxy) is 6. The fourth-order valence-corrected chi connectivity index (χ4v) is 5.66. The lowest BCUT2D eigenvalue weighted by atomic mass is 9.98. The number of aromatic hydroxyl groups is 3. The van der Waals surface area contributed by atoms with Crippen molar-refractivity contribution in [2.45, 2.75) is 54.8 Å². The van der Waals surface area contributed by atoms with E-state index >= 15 is 0 Å². The van der Waals surface area contributed by atoms with Crippen molar-refractivity contribution in [2.75, 3.05) is 19.8 Å². The molecule has 298 valence electrons. The van der Waals surface area contributed by atoms with Crippen LogP contribution in [0.15, 0.2) is 91.0 Å². The lowest BCUT2D eigenvalue weighted by Gasteiger charge is -2.44. The summed E-state index contributed by atoms with van der Waals surface area (Å²) in [7, 11) is 0. The number of hydrogen-bond donors (Lipinski definition) is 8. The Balaban J connectivity index is 1.34. The van der Waals surface area contributed by atoms with Gasteiger partial charge in [-0.25, -0.2) is 14.4 Å². The summed E-state index contributed by atoms with van der Waals surface area (Å²) in [6.07, 6.45) is -7.45. The Hall–Kier alpha value is -5.63. The van der Waals surface area contributed by atoms with Gasteiger partial charge in [-0.15, -0.1) is 0 Å². The molecule has 9 atom stereocenters. The summed E-state index contributed by atoms with van der Waals surface area (Å²) in [5.41, 5.74) is 1.53. The van der Waals surface area contributed by atoms with Crippen molar-refractivity contribution in [3.05, 3.63) is 108 Å². The first-order valence-electron chi connectivity index (χ1n) is 17.1. The third-order valence-corrected chi connectivity index (χ3v) is 8.65. The molecule has 0 spiro atoms. The number of esters is 3. The first-order valence-corrected chi connectivity index (χ1v) is 17.1. The number of hydrogen-bond acceptors (Lipinski definition) is 17. The topological polar surface area (TPSA) is 268 Å². The van der Waals surface area contributed by atoms with E-state index < -0.39 is 92.5 Å². The van der Waals surface area contributed by atoms with Crippen LogP contribution in [0.4, 0.5) is 0 Å². The van der Waals surface area contributed by atoms with Crippen LogP contribution in [0, 0.1) is 0 Å². The van der Waals surface area contributed by atoms with Crippen LogP contribution in [0.25, 0.3) is 18.2 Å². The molecule has 5 rings (SSSR count). The molecule has 0 radical (unpaired) electrons. The van der Waals surface area contributed by atoms with E-state index in [4.69, 9.17) is 28.4 Å². The van der Waals surface area contributed by atoms with E-state index in [9.17, 15) is 55.2 Å². The minimum Gasteiger partial charge on any atom is -0.508 e. The van der Waals surface area contributed by atoms with Gasteiger partial charge in [-0.1, -0.05) is 36.4 Å². The van der Waals surface area contributed by atoms with Crippen LogP contribution in [0.1, 0.15) is 16.7 Å². The molecule has 0 saturated carbocycles. The number of benzene rings is 3. The summed E-state index contributed by atoms with van der Waals surface area (Å²) >= 11 is 0. The van der Waals surface area contributed by atoms with Gasteiger partial charge < -0.3 is 69.3 Å². The molecular formula is C39H40O17. The quantitative estimate of drug-likeness (QED) is 0.0629. The number of phenolic OH excluding ortho intramolecular Hbond substituents is 3. The van der Waals surface area contributed by atoms with Crippen LogP contribution in [0.5, 0.6) is 17.2 Å². The molecular weight excluding hydrogens is 740 g/mol. The van der Waals surface area contributed by atoms with Gasteiger partial charge in [-0.3, -0.25) is 0 Å². The van der Waals surface area contributed by atoms with Crippen LogP contribution < -0.4 is 0 Å². The van der Waals surface area contributed by atoms with Gasteiger partial charge in [0, 0.05) is 18.2 Å². The molecule has 3 aromatic rings. The first-order chi connectivity index (χ1) is 26.8. The van der Waals surface area contributed by atoms with Crippen LogP contribution in [-0.4, -0.2) is 133 Å². The molecule has 0 aliphatic carbocycles. The van der Waals surface area contributed by atoms with Crippen molar-refractivity contribution in [3.63, 3.8) is 0 Å². The van der Waals surface area contributed by atoms with Gasteiger partial charge in [-0.05, 0) is 71.3 Å². The maximum absolute atomic E-state index is 13.0. The third-order valence-electron chi connectivity index (χ3n) is 8.65. The molecule has 2 aliphatic heterocycles. The Labute approximate surface area is 319 Å². The van der Waals surface area contributed by atoms with Gasteiger partial charge in [0.05, 0.1) is 6.61 Å². The number of rotatable bonds is 14. The zero-order chi connectivity index (χ0) is 40.4. The first kappa shape index (κ1) is 41.5. The van der Waals surface area contributed by atoms with Crippen LogP contribution in [0.2, 0.25) is 0 Å². The number of aliphatic hydroxyl groups is 5. The van der Waals surface area contributed by atoms with Gasteiger partial charge in [0.2, 0.25) is 12.1 Å². The van der Waals surface area contributed by atoms with Gasteiger partial charge in [0.1, 0.15) is 61.0 Å². The fraction of sp³-hybridized carbons (Fsp3) is 0.308. The van der Waals surface area contributed by atoms with E-state index in [0.717, 1.165) is 18.2 Å². The minimum absolute atomic E-state index is 0.0000660. The van der Waals surface area contributed by atoms with Crippen molar-refractivity contribution in [1.82, 2.24) is 0 Å².